The molecule has 0 saturated carbocycles. The minimum Gasteiger partial charge on any atom is -0.459 e. The van der Waals surface area contributed by atoms with Crippen molar-refractivity contribution in [2.75, 3.05) is 13.2 Å². The quantitative estimate of drug-likeness (QED) is 0.533. The Labute approximate surface area is 193 Å². The van der Waals surface area contributed by atoms with E-state index in [0.29, 0.717) is 0 Å². The van der Waals surface area contributed by atoms with Crippen LogP contribution in [0.2, 0.25) is 0 Å². The molecule has 1 aliphatic carbocycles. The Morgan fingerprint density at radius 2 is 1.48 bits per heavy atom. The highest BCUT2D eigenvalue weighted by molar-refractivity contribution is 7.78. The zero-order valence-electron chi connectivity index (χ0n) is 17.6. The number of carbonyl (C=O) groups excluding carboxylic acids is 2. The van der Waals surface area contributed by atoms with E-state index in [1.165, 1.54) is 0 Å². The van der Waals surface area contributed by atoms with Crippen LogP contribution in [0.1, 0.15) is 22.6 Å². The zero-order chi connectivity index (χ0) is 22.8. The number of ether oxygens (including phenoxy) is 2. The summed E-state index contributed by atoms with van der Waals surface area (Å²) < 4.78 is 29.0. The van der Waals surface area contributed by atoms with Gasteiger partial charge >= 0.3 is 12.1 Å². The number of hydrogen-bond acceptors (Lipinski definition) is 6. The molecule has 5 rings (SSSR count). The van der Waals surface area contributed by atoms with Crippen molar-refractivity contribution in [2.24, 2.45) is 0 Å². The van der Waals surface area contributed by atoms with Crippen molar-refractivity contribution in [2.45, 2.75) is 18.6 Å². The summed E-state index contributed by atoms with van der Waals surface area (Å²) in [5.74, 6) is -0.847. The molecule has 1 heterocycles. The number of nitrogens with zero attached hydrogens (tertiary/aromatic N) is 1. The maximum atomic E-state index is 12.8. The van der Waals surface area contributed by atoms with Gasteiger partial charge in [0.1, 0.15) is 13.2 Å². The van der Waals surface area contributed by atoms with Crippen molar-refractivity contribution in [1.29, 1.82) is 0 Å². The van der Waals surface area contributed by atoms with Crippen LogP contribution in [0.4, 0.5) is 4.79 Å². The van der Waals surface area contributed by atoms with Crippen LogP contribution in [0, 0.1) is 0 Å². The molecule has 3 aromatic rings. The van der Waals surface area contributed by atoms with E-state index in [2.05, 4.69) is 0 Å². The first-order valence-electron chi connectivity index (χ1n) is 10.5. The fourth-order valence-corrected chi connectivity index (χ4v) is 5.07. The van der Waals surface area contributed by atoms with Crippen LogP contribution in [0.3, 0.4) is 0 Å². The molecule has 1 unspecified atom stereocenters. The Kier molecular flexibility index (Phi) is 5.93. The lowest BCUT2D eigenvalue weighted by Crippen LogP contribution is -2.43. The van der Waals surface area contributed by atoms with E-state index >= 15 is 0 Å². The molecular formula is C25H21NO6S. The second kappa shape index (κ2) is 9.17. The van der Waals surface area contributed by atoms with E-state index in [-0.39, 0.29) is 25.7 Å². The zero-order valence-corrected chi connectivity index (χ0v) is 18.4. The summed E-state index contributed by atoms with van der Waals surface area (Å²) in [7, 11) is 0. The summed E-state index contributed by atoms with van der Waals surface area (Å²) in [6.07, 6.45) is -0.880. The predicted molar refractivity (Wildman–Crippen MR) is 121 cm³/mol. The van der Waals surface area contributed by atoms with Crippen LogP contribution in [-0.4, -0.2) is 39.8 Å². The Hall–Kier alpha value is -3.49. The van der Waals surface area contributed by atoms with Crippen LogP contribution in [-0.2, 0) is 36.3 Å². The van der Waals surface area contributed by atoms with E-state index in [4.69, 9.17) is 13.7 Å². The molecule has 0 bridgehead atoms. The fraction of sp³-hybridized carbons (Fsp3) is 0.200. The molecule has 1 fully saturated rings. The number of rotatable bonds is 5. The molecule has 8 heteroatoms. The van der Waals surface area contributed by atoms with E-state index in [1.807, 2.05) is 78.9 Å². The summed E-state index contributed by atoms with van der Waals surface area (Å²) >= 11 is -2.12. The van der Waals surface area contributed by atoms with Gasteiger partial charge in [0.2, 0.25) is 0 Å². The van der Waals surface area contributed by atoms with Crippen LogP contribution >= 0.6 is 0 Å². The smallest absolute Gasteiger partial charge is 0.424 e. The van der Waals surface area contributed by atoms with Gasteiger partial charge in [-0.25, -0.2) is 13.8 Å². The molecule has 0 aromatic heterocycles. The molecule has 2 aliphatic rings. The molecule has 0 radical (unpaired) electrons. The number of amides is 1. The minimum absolute atomic E-state index is 0.0430. The fourth-order valence-electron chi connectivity index (χ4n) is 4.19. The summed E-state index contributed by atoms with van der Waals surface area (Å²) in [5, 5.41) is 0. The summed E-state index contributed by atoms with van der Waals surface area (Å²) in [4.78, 5) is 25.4. The van der Waals surface area contributed by atoms with Crippen molar-refractivity contribution in [3.8, 4) is 11.1 Å². The number of benzene rings is 3. The lowest BCUT2D eigenvalue weighted by atomic mass is 9.98. The van der Waals surface area contributed by atoms with Gasteiger partial charge in [0.25, 0.3) is 11.3 Å². The molecule has 2 atom stereocenters. The molecule has 0 spiro atoms. The van der Waals surface area contributed by atoms with Crippen molar-refractivity contribution in [1.82, 2.24) is 4.31 Å². The molecule has 1 aliphatic heterocycles. The van der Waals surface area contributed by atoms with Gasteiger partial charge < -0.3 is 9.47 Å². The van der Waals surface area contributed by atoms with E-state index in [0.717, 1.165) is 32.1 Å². The molecule has 1 saturated heterocycles. The van der Waals surface area contributed by atoms with Crippen molar-refractivity contribution >= 4 is 23.3 Å². The van der Waals surface area contributed by atoms with Crippen LogP contribution in [0.5, 0.6) is 0 Å². The van der Waals surface area contributed by atoms with Gasteiger partial charge in [0.05, 0.1) is 6.61 Å². The standard InChI is InChI=1S/C25H21NO6S/c27-24(30-14-17-8-2-1-3-9-17)23-16-32-33(29)26(23)25(28)31-15-22-20-12-6-4-10-18(20)19-11-5-7-13-21(19)22/h1-13,22-23H,14-16H2/t23-,33?/m0/s1. The first kappa shape index (κ1) is 21.4. The van der Waals surface area contributed by atoms with Crippen molar-refractivity contribution in [3.05, 3.63) is 95.6 Å². The maximum Gasteiger partial charge on any atom is 0.424 e. The molecule has 33 heavy (non-hydrogen) atoms. The SMILES string of the molecule is O=C(OCc1ccccc1)[C@@H]1COS(=O)N1C(=O)OCC1c2ccccc2-c2ccccc21. The number of fused-ring (bicyclic) bond motifs is 3. The Morgan fingerprint density at radius 3 is 2.15 bits per heavy atom. The van der Waals surface area contributed by atoms with Crippen molar-refractivity contribution < 1.29 is 27.5 Å². The Balaban J connectivity index is 1.27. The summed E-state index contributed by atoms with van der Waals surface area (Å²) in [6.45, 7) is -0.127. The third-order valence-electron chi connectivity index (χ3n) is 5.78. The first-order valence-corrected chi connectivity index (χ1v) is 11.6. The summed E-state index contributed by atoms with van der Waals surface area (Å²) in [6, 6.07) is 24.0. The lowest BCUT2D eigenvalue weighted by Gasteiger charge is -2.20. The van der Waals surface area contributed by atoms with Gasteiger partial charge in [-0.05, 0) is 27.8 Å². The first-order chi connectivity index (χ1) is 16.1. The van der Waals surface area contributed by atoms with Crippen molar-refractivity contribution in [3.63, 3.8) is 0 Å². The maximum absolute atomic E-state index is 12.8. The topological polar surface area (TPSA) is 82.1 Å². The largest absolute Gasteiger partial charge is 0.459 e. The van der Waals surface area contributed by atoms with E-state index in [1.54, 1.807) is 0 Å². The highest BCUT2D eigenvalue weighted by atomic mass is 32.2. The second-order valence-electron chi connectivity index (χ2n) is 7.74. The Morgan fingerprint density at radius 1 is 0.879 bits per heavy atom. The molecule has 0 N–H and O–H groups in total. The number of carbonyl (C=O) groups is 2. The molecule has 1 amide bonds. The molecule has 168 valence electrons. The Bertz CT molecular complexity index is 1170. The third-order valence-corrected chi connectivity index (χ3v) is 6.84. The van der Waals surface area contributed by atoms with Gasteiger partial charge in [0.15, 0.2) is 6.04 Å². The normalized spacial score (nSPS) is 19.1. The van der Waals surface area contributed by atoms with Gasteiger partial charge in [-0.2, -0.15) is 4.31 Å². The van der Waals surface area contributed by atoms with Gasteiger partial charge in [0, 0.05) is 5.92 Å². The number of hydrogen-bond donors (Lipinski definition) is 0. The average Bonchev–Trinajstić information content (AvgIpc) is 3.40. The monoisotopic (exact) mass is 463 g/mol. The third kappa shape index (κ3) is 4.15. The molecule has 7 nitrogen and oxygen atoms in total. The minimum atomic E-state index is -2.12. The van der Waals surface area contributed by atoms with Gasteiger partial charge in [-0.3, -0.25) is 4.18 Å². The van der Waals surface area contributed by atoms with Crippen LogP contribution in [0.25, 0.3) is 11.1 Å². The molecule has 3 aromatic carbocycles. The van der Waals surface area contributed by atoms with Gasteiger partial charge in [-0.1, -0.05) is 78.9 Å². The van der Waals surface area contributed by atoms with E-state index in [9.17, 15) is 13.8 Å². The average molecular weight is 464 g/mol. The number of esters is 1. The highest BCUT2D eigenvalue weighted by Crippen LogP contribution is 2.44. The summed E-state index contributed by atoms with van der Waals surface area (Å²) in [5.41, 5.74) is 5.13. The van der Waals surface area contributed by atoms with Gasteiger partial charge in [-0.15, -0.1) is 0 Å². The highest BCUT2D eigenvalue weighted by Gasteiger charge is 2.44. The predicted octanol–water partition coefficient (Wildman–Crippen LogP) is 3.96. The van der Waals surface area contributed by atoms with Crippen LogP contribution in [0.15, 0.2) is 78.9 Å². The lowest BCUT2D eigenvalue weighted by molar-refractivity contribution is -0.149. The van der Waals surface area contributed by atoms with Crippen LogP contribution < -0.4 is 0 Å². The second-order valence-corrected chi connectivity index (χ2v) is 8.80. The van der Waals surface area contributed by atoms with E-state index < -0.39 is 29.4 Å². The molecular weight excluding hydrogens is 442 g/mol.